The Morgan fingerprint density at radius 3 is 3.00 bits per heavy atom. The van der Waals surface area contributed by atoms with E-state index in [1.54, 1.807) is 12.5 Å². The number of rotatable bonds is 1. The maximum absolute atomic E-state index is 9.83. The SMILES string of the molecule is O[C@H]1CCNCC[C@@H]1n1ccnc1. The topological polar surface area (TPSA) is 50.1 Å². The predicted octanol–water partition coefficient (Wildman–Crippen LogP) is 0.168. The van der Waals surface area contributed by atoms with Crippen molar-refractivity contribution in [3.05, 3.63) is 18.7 Å². The molecule has 4 heteroatoms. The number of aliphatic hydroxyl groups is 1. The maximum Gasteiger partial charge on any atom is 0.0949 e. The molecule has 1 aromatic rings. The van der Waals surface area contributed by atoms with Gasteiger partial charge in [0.2, 0.25) is 0 Å². The molecule has 0 aromatic carbocycles. The molecule has 0 saturated carbocycles. The Morgan fingerprint density at radius 1 is 1.38 bits per heavy atom. The molecule has 1 aromatic heterocycles. The predicted molar refractivity (Wildman–Crippen MR) is 49.4 cm³/mol. The van der Waals surface area contributed by atoms with Gasteiger partial charge in [-0.05, 0) is 25.9 Å². The highest BCUT2D eigenvalue weighted by Gasteiger charge is 2.22. The number of aliphatic hydroxyl groups excluding tert-OH is 1. The largest absolute Gasteiger partial charge is 0.391 e. The normalized spacial score (nSPS) is 29.9. The summed E-state index contributed by atoms with van der Waals surface area (Å²) >= 11 is 0. The average molecular weight is 181 g/mol. The molecule has 0 amide bonds. The molecule has 72 valence electrons. The minimum absolute atomic E-state index is 0.192. The van der Waals surface area contributed by atoms with Gasteiger partial charge in [0.25, 0.3) is 0 Å². The minimum Gasteiger partial charge on any atom is -0.391 e. The smallest absolute Gasteiger partial charge is 0.0949 e. The summed E-state index contributed by atoms with van der Waals surface area (Å²) in [5.41, 5.74) is 0. The van der Waals surface area contributed by atoms with Crippen LogP contribution in [0.5, 0.6) is 0 Å². The van der Waals surface area contributed by atoms with E-state index in [-0.39, 0.29) is 12.1 Å². The molecular formula is C9H15N3O. The van der Waals surface area contributed by atoms with E-state index in [0.717, 1.165) is 25.9 Å². The number of nitrogens with one attached hydrogen (secondary N) is 1. The molecule has 2 rings (SSSR count). The van der Waals surface area contributed by atoms with E-state index in [0.29, 0.717) is 0 Å². The van der Waals surface area contributed by atoms with Crippen LogP contribution in [0.1, 0.15) is 18.9 Å². The van der Waals surface area contributed by atoms with Crippen molar-refractivity contribution in [2.45, 2.75) is 25.0 Å². The molecule has 1 fully saturated rings. The van der Waals surface area contributed by atoms with Crippen LogP contribution >= 0.6 is 0 Å². The zero-order valence-electron chi connectivity index (χ0n) is 7.56. The van der Waals surface area contributed by atoms with E-state index >= 15 is 0 Å². The fourth-order valence-electron chi connectivity index (χ4n) is 1.82. The zero-order valence-corrected chi connectivity index (χ0v) is 7.56. The lowest BCUT2D eigenvalue weighted by Crippen LogP contribution is -2.22. The first-order chi connectivity index (χ1) is 6.38. The first kappa shape index (κ1) is 8.72. The molecular weight excluding hydrogens is 166 g/mol. The number of aromatic nitrogens is 2. The molecule has 13 heavy (non-hydrogen) atoms. The Morgan fingerprint density at radius 2 is 2.23 bits per heavy atom. The van der Waals surface area contributed by atoms with Gasteiger partial charge in [0.1, 0.15) is 0 Å². The van der Waals surface area contributed by atoms with Crippen LogP contribution in [0.3, 0.4) is 0 Å². The summed E-state index contributed by atoms with van der Waals surface area (Å²) in [6, 6.07) is 0.192. The number of hydrogen-bond acceptors (Lipinski definition) is 3. The van der Waals surface area contributed by atoms with Gasteiger partial charge in [-0.2, -0.15) is 0 Å². The lowest BCUT2D eigenvalue weighted by Gasteiger charge is -2.20. The zero-order chi connectivity index (χ0) is 9.10. The van der Waals surface area contributed by atoms with Crippen LogP contribution in [0.4, 0.5) is 0 Å². The highest BCUT2D eigenvalue weighted by molar-refractivity contribution is 4.86. The van der Waals surface area contributed by atoms with Gasteiger partial charge in [-0.25, -0.2) is 4.98 Å². The molecule has 2 atom stereocenters. The third-order valence-electron chi connectivity index (χ3n) is 2.59. The fraction of sp³-hybridized carbons (Fsp3) is 0.667. The van der Waals surface area contributed by atoms with Crippen molar-refractivity contribution in [3.8, 4) is 0 Å². The Balaban J connectivity index is 2.11. The van der Waals surface area contributed by atoms with Crippen LogP contribution in [0.25, 0.3) is 0 Å². The molecule has 0 aliphatic carbocycles. The summed E-state index contributed by atoms with van der Waals surface area (Å²) < 4.78 is 2.00. The van der Waals surface area contributed by atoms with E-state index in [1.165, 1.54) is 0 Å². The maximum atomic E-state index is 9.83. The number of imidazole rings is 1. The molecule has 0 bridgehead atoms. The van der Waals surface area contributed by atoms with Crippen LogP contribution in [-0.4, -0.2) is 33.9 Å². The summed E-state index contributed by atoms with van der Waals surface area (Å²) in [4.78, 5) is 3.99. The quantitative estimate of drug-likeness (QED) is 0.649. The van der Waals surface area contributed by atoms with E-state index in [1.807, 2.05) is 10.8 Å². The molecule has 0 spiro atoms. The number of nitrogens with zero attached hydrogens (tertiary/aromatic N) is 2. The molecule has 1 aliphatic rings. The molecule has 2 N–H and O–H groups in total. The lowest BCUT2D eigenvalue weighted by atomic mass is 10.1. The lowest BCUT2D eigenvalue weighted by molar-refractivity contribution is 0.109. The second-order valence-electron chi connectivity index (χ2n) is 3.47. The number of hydrogen-bond donors (Lipinski definition) is 2. The fourth-order valence-corrected chi connectivity index (χ4v) is 1.82. The molecule has 2 heterocycles. The van der Waals surface area contributed by atoms with Crippen molar-refractivity contribution in [2.75, 3.05) is 13.1 Å². The third kappa shape index (κ3) is 1.89. The monoisotopic (exact) mass is 181 g/mol. The van der Waals surface area contributed by atoms with Gasteiger partial charge in [-0.1, -0.05) is 0 Å². The summed E-state index contributed by atoms with van der Waals surface area (Å²) in [6.45, 7) is 1.88. The third-order valence-corrected chi connectivity index (χ3v) is 2.59. The van der Waals surface area contributed by atoms with Crippen molar-refractivity contribution >= 4 is 0 Å². The van der Waals surface area contributed by atoms with E-state index in [9.17, 15) is 5.11 Å². The van der Waals surface area contributed by atoms with Gasteiger partial charge in [-0.3, -0.25) is 0 Å². The Hall–Kier alpha value is -0.870. The van der Waals surface area contributed by atoms with Crippen molar-refractivity contribution in [3.63, 3.8) is 0 Å². The van der Waals surface area contributed by atoms with Gasteiger partial charge in [0, 0.05) is 12.4 Å². The van der Waals surface area contributed by atoms with Crippen molar-refractivity contribution in [1.82, 2.24) is 14.9 Å². The second kappa shape index (κ2) is 3.89. The molecule has 4 nitrogen and oxygen atoms in total. The summed E-state index contributed by atoms with van der Waals surface area (Å²) in [5, 5.41) is 13.1. The van der Waals surface area contributed by atoms with Crippen LogP contribution in [0.15, 0.2) is 18.7 Å². The first-order valence-electron chi connectivity index (χ1n) is 4.74. The minimum atomic E-state index is -0.246. The van der Waals surface area contributed by atoms with Crippen molar-refractivity contribution in [2.24, 2.45) is 0 Å². The van der Waals surface area contributed by atoms with E-state index in [2.05, 4.69) is 10.3 Å². The molecule has 0 unspecified atom stereocenters. The van der Waals surface area contributed by atoms with Crippen LogP contribution in [-0.2, 0) is 0 Å². The van der Waals surface area contributed by atoms with Gasteiger partial charge in [0.05, 0.1) is 18.5 Å². The van der Waals surface area contributed by atoms with Crippen LogP contribution in [0.2, 0.25) is 0 Å². The summed E-state index contributed by atoms with van der Waals surface area (Å²) in [5.74, 6) is 0. The Kier molecular flexibility index (Phi) is 2.61. The van der Waals surface area contributed by atoms with Gasteiger partial charge >= 0.3 is 0 Å². The Bertz CT molecular complexity index is 247. The second-order valence-corrected chi connectivity index (χ2v) is 3.47. The highest BCUT2D eigenvalue weighted by atomic mass is 16.3. The Labute approximate surface area is 77.6 Å². The summed E-state index contributed by atoms with van der Waals surface area (Å²) in [7, 11) is 0. The van der Waals surface area contributed by atoms with Crippen molar-refractivity contribution in [1.29, 1.82) is 0 Å². The van der Waals surface area contributed by atoms with Crippen molar-refractivity contribution < 1.29 is 5.11 Å². The summed E-state index contributed by atoms with van der Waals surface area (Å²) in [6.07, 6.45) is 6.99. The van der Waals surface area contributed by atoms with Gasteiger partial charge in [0.15, 0.2) is 0 Å². The molecule has 1 aliphatic heterocycles. The standard InChI is InChI=1S/C9H15N3O/c13-9-2-4-10-3-1-8(9)12-6-5-11-7-12/h5-10,13H,1-4H2/t8-,9-/m0/s1. The van der Waals surface area contributed by atoms with Gasteiger partial charge < -0.3 is 15.0 Å². The first-order valence-corrected chi connectivity index (χ1v) is 4.74. The molecule has 1 saturated heterocycles. The van der Waals surface area contributed by atoms with Crippen LogP contribution in [0, 0.1) is 0 Å². The van der Waals surface area contributed by atoms with Gasteiger partial charge in [-0.15, -0.1) is 0 Å². The van der Waals surface area contributed by atoms with E-state index < -0.39 is 0 Å². The van der Waals surface area contributed by atoms with E-state index in [4.69, 9.17) is 0 Å². The highest BCUT2D eigenvalue weighted by Crippen LogP contribution is 2.19. The average Bonchev–Trinajstić information content (AvgIpc) is 2.56. The van der Waals surface area contributed by atoms with Crippen LogP contribution < -0.4 is 5.32 Å². The molecule has 0 radical (unpaired) electrons.